The summed E-state index contributed by atoms with van der Waals surface area (Å²) in [6, 6.07) is 10.3. The van der Waals surface area contributed by atoms with E-state index in [1.165, 1.54) is 5.56 Å². The van der Waals surface area contributed by atoms with E-state index in [9.17, 15) is 4.79 Å². The number of carbonyl (C=O) groups excluding carboxylic acids is 1. The van der Waals surface area contributed by atoms with Crippen molar-refractivity contribution in [2.24, 2.45) is 0 Å². The minimum absolute atomic E-state index is 0.260. The molecule has 1 unspecified atom stereocenters. The zero-order valence-corrected chi connectivity index (χ0v) is 15.2. The second kappa shape index (κ2) is 7.99. The van der Waals surface area contributed by atoms with E-state index in [2.05, 4.69) is 32.2 Å². The molecule has 0 aliphatic carbocycles. The van der Waals surface area contributed by atoms with Gasteiger partial charge in [0.25, 0.3) is 0 Å². The van der Waals surface area contributed by atoms with E-state index in [0.717, 1.165) is 70.1 Å². The number of rotatable bonds is 4. The van der Waals surface area contributed by atoms with E-state index in [0.29, 0.717) is 12.3 Å². The Balaban J connectivity index is 1.40. The summed E-state index contributed by atoms with van der Waals surface area (Å²) in [5, 5.41) is 12.3. The number of nitrogens with one attached hydrogen (secondary N) is 1. The van der Waals surface area contributed by atoms with Gasteiger partial charge in [-0.2, -0.15) is 0 Å². The van der Waals surface area contributed by atoms with Gasteiger partial charge in [0.15, 0.2) is 0 Å². The molecule has 1 aromatic carbocycles. The van der Waals surface area contributed by atoms with E-state index in [1.54, 1.807) is 0 Å². The molecule has 1 N–H and O–H groups in total. The van der Waals surface area contributed by atoms with Crippen LogP contribution in [0.2, 0.25) is 0 Å². The van der Waals surface area contributed by atoms with Crippen molar-refractivity contribution in [2.45, 2.75) is 44.6 Å². The summed E-state index contributed by atoms with van der Waals surface area (Å²) in [4.78, 5) is 14.7. The molecule has 4 rings (SSSR count). The molecule has 0 saturated carbocycles. The molecule has 2 aliphatic rings. The molecule has 2 aliphatic heterocycles. The first-order valence-corrected chi connectivity index (χ1v) is 9.75. The van der Waals surface area contributed by atoms with Gasteiger partial charge in [0, 0.05) is 51.5 Å². The molecule has 0 radical (unpaired) electrons. The van der Waals surface area contributed by atoms with Crippen molar-refractivity contribution in [3.05, 3.63) is 47.5 Å². The second-order valence-corrected chi connectivity index (χ2v) is 7.29. The summed E-state index contributed by atoms with van der Waals surface area (Å²) < 4.78 is 2.28. The number of benzene rings is 1. The maximum absolute atomic E-state index is 12.7. The van der Waals surface area contributed by atoms with Crippen molar-refractivity contribution in [2.75, 3.05) is 26.2 Å². The first-order chi connectivity index (χ1) is 12.8. The van der Waals surface area contributed by atoms with E-state index in [1.807, 2.05) is 23.1 Å². The minimum atomic E-state index is 0.260. The van der Waals surface area contributed by atoms with Crippen LogP contribution < -0.4 is 5.32 Å². The van der Waals surface area contributed by atoms with Crippen LogP contribution in [0.4, 0.5) is 0 Å². The van der Waals surface area contributed by atoms with E-state index >= 15 is 0 Å². The van der Waals surface area contributed by atoms with Crippen LogP contribution in [0.1, 0.15) is 42.4 Å². The van der Waals surface area contributed by atoms with Gasteiger partial charge in [-0.3, -0.25) is 4.79 Å². The molecule has 1 saturated heterocycles. The lowest BCUT2D eigenvalue weighted by Crippen LogP contribution is -2.40. The third-order valence-electron chi connectivity index (χ3n) is 5.50. The molecule has 1 aromatic heterocycles. The number of hydrogen-bond acceptors (Lipinski definition) is 4. The molecule has 1 amide bonds. The Bertz CT molecular complexity index is 742. The zero-order chi connectivity index (χ0) is 17.8. The molecule has 2 aromatic rings. The van der Waals surface area contributed by atoms with Crippen molar-refractivity contribution in [3.8, 4) is 0 Å². The lowest BCUT2D eigenvalue weighted by atomic mass is 9.96. The highest BCUT2D eigenvalue weighted by molar-refractivity contribution is 5.76. The van der Waals surface area contributed by atoms with Gasteiger partial charge in [-0.05, 0) is 24.8 Å². The number of likely N-dealkylation sites (tertiary alicyclic amines) is 1. The second-order valence-electron chi connectivity index (χ2n) is 7.29. The topological polar surface area (TPSA) is 63.1 Å². The summed E-state index contributed by atoms with van der Waals surface area (Å²) in [6.45, 7) is 4.50. The molecular formula is C20H27N5O. The molecule has 1 atom stereocenters. The lowest BCUT2D eigenvalue weighted by Gasteiger charge is -2.32. The Kier molecular flexibility index (Phi) is 5.29. The van der Waals surface area contributed by atoms with Crippen LogP contribution in [0.5, 0.6) is 0 Å². The molecule has 1 fully saturated rings. The highest BCUT2D eigenvalue weighted by atomic mass is 16.2. The van der Waals surface area contributed by atoms with Gasteiger partial charge in [-0.25, -0.2) is 0 Å². The summed E-state index contributed by atoms with van der Waals surface area (Å²) >= 11 is 0. The van der Waals surface area contributed by atoms with Crippen LogP contribution in [0.3, 0.4) is 0 Å². The maximum Gasteiger partial charge on any atom is 0.222 e. The largest absolute Gasteiger partial charge is 0.342 e. The molecular weight excluding hydrogens is 326 g/mol. The van der Waals surface area contributed by atoms with Crippen molar-refractivity contribution in [3.63, 3.8) is 0 Å². The van der Waals surface area contributed by atoms with Crippen LogP contribution in [-0.2, 0) is 24.2 Å². The number of amides is 1. The van der Waals surface area contributed by atoms with Crippen molar-refractivity contribution in [1.82, 2.24) is 25.0 Å². The molecule has 6 nitrogen and oxygen atoms in total. The van der Waals surface area contributed by atoms with Crippen molar-refractivity contribution in [1.29, 1.82) is 0 Å². The Hall–Kier alpha value is -2.21. The molecule has 26 heavy (non-hydrogen) atoms. The molecule has 3 heterocycles. The fraction of sp³-hybridized carbons (Fsp3) is 0.550. The van der Waals surface area contributed by atoms with E-state index in [4.69, 9.17) is 0 Å². The van der Waals surface area contributed by atoms with Gasteiger partial charge in [0.1, 0.15) is 11.6 Å². The van der Waals surface area contributed by atoms with E-state index < -0.39 is 0 Å². The Labute approximate surface area is 154 Å². The fourth-order valence-electron chi connectivity index (χ4n) is 4.06. The highest BCUT2D eigenvalue weighted by Crippen LogP contribution is 2.27. The average molecular weight is 353 g/mol. The number of piperidine rings is 1. The Morgan fingerprint density at radius 3 is 2.92 bits per heavy atom. The third kappa shape index (κ3) is 3.80. The first-order valence-electron chi connectivity index (χ1n) is 9.75. The van der Waals surface area contributed by atoms with Gasteiger partial charge >= 0.3 is 0 Å². The lowest BCUT2D eigenvalue weighted by molar-refractivity contribution is -0.132. The molecule has 6 heteroatoms. The maximum atomic E-state index is 12.7. The predicted molar refractivity (Wildman–Crippen MR) is 99.9 cm³/mol. The smallest absolute Gasteiger partial charge is 0.222 e. The minimum Gasteiger partial charge on any atom is -0.342 e. The molecule has 138 valence electrons. The Morgan fingerprint density at radius 1 is 1.15 bits per heavy atom. The van der Waals surface area contributed by atoms with Crippen LogP contribution in [0.25, 0.3) is 0 Å². The van der Waals surface area contributed by atoms with Gasteiger partial charge in [-0.15, -0.1) is 10.2 Å². The summed E-state index contributed by atoms with van der Waals surface area (Å²) in [7, 11) is 0. The number of hydrogen-bond donors (Lipinski definition) is 1. The molecule has 0 spiro atoms. The van der Waals surface area contributed by atoms with Crippen LogP contribution in [-0.4, -0.2) is 51.8 Å². The summed E-state index contributed by atoms with van der Waals surface area (Å²) in [5.41, 5.74) is 1.23. The Morgan fingerprint density at radius 2 is 2.04 bits per heavy atom. The average Bonchev–Trinajstić information content (AvgIpc) is 2.95. The highest BCUT2D eigenvalue weighted by Gasteiger charge is 2.29. The number of nitrogens with zero attached hydrogens (tertiary/aromatic N) is 4. The molecule has 0 bridgehead atoms. The van der Waals surface area contributed by atoms with Gasteiger partial charge in [-0.1, -0.05) is 30.3 Å². The van der Waals surface area contributed by atoms with Crippen LogP contribution in [0, 0.1) is 0 Å². The number of carbonyl (C=O) groups is 1. The van der Waals surface area contributed by atoms with Gasteiger partial charge in [0.05, 0.1) is 0 Å². The zero-order valence-electron chi connectivity index (χ0n) is 15.2. The fourth-order valence-corrected chi connectivity index (χ4v) is 4.06. The van der Waals surface area contributed by atoms with E-state index in [-0.39, 0.29) is 5.91 Å². The van der Waals surface area contributed by atoms with Crippen molar-refractivity contribution < 1.29 is 4.79 Å². The summed E-state index contributed by atoms with van der Waals surface area (Å²) in [6.07, 6.45) is 4.46. The van der Waals surface area contributed by atoms with Crippen LogP contribution >= 0.6 is 0 Å². The normalized spacial score (nSPS) is 20.5. The standard InChI is InChI=1S/C20H27N5O/c26-19(9-8-16-5-2-1-3-6-16)24-13-4-7-17(15-24)20-23-22-18-10-11-21-12-14-25(18)20/h1-3,5-6,17,21H,4,7-15H2. The monoisotopic (exact) mass is 353 g/mol. The predicted octanol–water partition coefficient (Wildman–Crippen LogP) is 1.76. The van der Waals surface area contributed by atoms with Crippen molar-refractivity contribution >= 4 is 5.91 Å². The van der Waals surface area contributed by atoms with Gasteiger partial charge in [0.2, 0.25) is 5.91 Å². The SMILES string of the molecule is O=C(CCc1ccccc1)N1CCCC(c2nnc3n2CCNCC3)C1. The number of aromatic nitrogens is 3. The summed E-state index contributed by atoms with van der Waals surface area (Å²) in [5.74, 6) is 2.72. The van der Waals surface area contributed by atoms with Crippen LogP contribution in [0.15, 0.2) is 30.3 Å². The third-order valence-corrected chi connectivity index (χ3v) is 5.50. The van der Waals surface area contributed by atoms with Gasteiger partial charge < -0.3 is 14.8 Å². The first kappa shape index (κ1) is 17.2. The quantitative estimate of drug-likeness (QED) is 0.910. The number of fused-ring (bicyclic) bond motifs is 1. The number of aryl methyl sites for hydroxylation is 1.